The van der Waals surface area contributed by atoms with Gasteiger partial charge in [-0.25, -0.2) is 5.43 Å². The van der Waals surface area contributed by atoms with Crippen molar-refractivity contribution in [3.8, 4) is 0 Å². The number of hydrogen-bond donors (Lipinski definition) is 2. The lowest BCUT2D eigenvalue weighted by molar-refractivity contribution is -0.0370. The standard InChI is InChI=1S/C23H31Cl2N5O2/c1-13-22(25)21(19(24)11-26-13)14(2)32-17-3-4-20-18(9-17)23(29-28-20)15-10-27-30(12-15)16-5-7-31-8-6-16/h10-12,14,16-18,20,23,28-29H,3-9H2,1-2H3/t14-,17?,18?,20?,23?/m1/s1. The number of ether oxygens (including phenoxy) is 2. The zero-order valence-corrected chi connectivity index (χ0v) is 20.1. The molecule has 5 atom stereocenters. The number of pyridine rings is 1. The van der Waals surface area contributed by atoms with Crippen LogP contribution < -0.4 is 10.9 Å². The van der Waals surface area contributed by atoms with Crippen LogP contribution in [0.1, 0.15) is 74.0 Å². The molecule has 32 heavy (non-hydrogen) atoms. The highest BCUT2D eigenvalue weighted by Gasteiger charge is 2.42. The van der Waals surface area contributed by atoms with Gasteiger partial charge in [0.25, 0.3) is 0 Å². The fraction of sp³-hybridized carbons (Fsp3) is 0.652. The van der Waals surface area contributed by atoms with Crippen LogP contribution in [0.5, 0.6) is 0 Å². The molecule has 9 heteroatoms. The van der Waals surface area contributed by atoms with E-state index >= 15 is 0 Å². The topological polar surface area (TPSA) is 73.2 Å². The van der Waals surface area contributed by atoms with Crippen LogP contribution in [0.25, 0.3) is 0 Å². The summed E-state index contributed by atoms with van der Waals surface area (Å²) in [5.41, 5.74) is 9.89. The van der Waals surface area contributed by atoms with Crippen LogP contribution in [-0.4, -0.2) is 40.1 Å². The largest absolute Gasteiger partial charge is 0.381 e. The van der Waals surface area contributed by atoms with Gasteiger partial charge in [-0.05, 0) is 51.9 Å². The van der Waals surface area contributed by atoms with E-state index in [9.17, 15) is 0 Å². The van der Waals surface area contributed by atoms with E-state index < -0.39 is 0 Å². The second-order valence-corrected chi connectivity index (χ2v) is 10.1. The number of nitrogens with zero attached hydrogens (tertiary/aromatic N) is 3. The fourth-order valence-corrected chi connectivity index (χ4v) is 6.09. The molecule has 1 saturated carbocycles. The Labute approximate surface area is 199 Å². The van der Waals surface area contributed by atoms with E-state index in [1.165, 1.54) is 5.56 Å². The number of aromatic nitrogens is 3. The van der Waals surface area contributed by atoms with Crippen molar-refractivity contribution < 1.29 is 9.47 Å². The molecule has 2 aromatic heterocycles. The molecule has 2 aliphatic heterocycles. The summed E-state index contributed by atoms with van der Waals surface area (Å²) in [6.07, 6.45) is 11.0. The Morgan fingerprint density at radius 2 is 1.97 bits per heavy atom. The summed E-state index contributed by atoms with van der Waals surface area (Å²) in [5, 5.41) is 5.84. The minimum Gasteiger partial charge on any atom is -0.381 e. The van der Waals surface area contributed by atoms with Crippen LogP contribution in [0.4, 0.5) is 0 Å². The van der Waals surface area contributed by atoms with Crippen molar-refractivity contribution in [2.24, 2.45) is 5.92 Å². The third-order valence-electron chi connectivity index (χ3n) is 7.24. The first-order valence-corrected chi connectivity index (χ1v) is 12.4. The molecule has 2 aromatic rings. The van der Waals surface area contributed by atoms with E-state index in [2.05, 4.69) is 31.8 Å². The summed E-state index contributed by atoms with van der Waals surface area (Å²) in [6, 6.07) is 1.10. The number of rotatable bonds is 5. The second-order valence-electron chi connectivity index (χ2n) is 9.27. The second kappa shape index (κ2) is 9.57. The van der Waals surface area contributed by atoms with Crippen molar-refractivity contribution >= 4 is 23.2 Å². The van der Waals surface area contributed by atoms with Gasteiger partial charge >= 0.3 is 0 Å². The monoisotopic (exact) mass is 479 g/mol. The number of aryl methyl sites for hydroxylation is 1. The maximum atomic E-state index is 6.51. The number of hydrazine groups is 1. The normalized spacial score (nSPS) is 29.8. The summed E-state index contributed by atoms with van der Waals surface area (Å²) in [4.78, 5) is 4.24. The summed E-state index contributed by atoms with van der Waals surface area (Å²) >= 11 is 12.9. The Morgan fingerprint density at radius 3 is 2.78 bits per heavy atom. The Kier molecular flexibility index (Phi) is 6.75. The van der Waals surface area contributed by atoms with E-state index in [-0.39, 0.29) is 18.2 Å². The zero-order chi connectivity index (χ0) is 22.2. The molecule has 2 saturated heterocycles. The van der Waals surface area contributed by atoms with Crippen molar-refractivity contribution in [3.05, 3.63) is 45.5 Å². The molecule has 2 N–H and O–H groups in total. The molecule has 3 aliphatic rings. The number of halogens is 2. The maximum absolute atomic E-state index is 6.51. The predicted molar refractivity (Wildman–Crippen MR) is 124 cm³/mol. The van der Waals surface area contributed by atoms with Crippen LogP contribution in [0, 0.1) is 12.8 Å². The van der Waals surface area contributed by atoms with Crippen LogP contribution in [0.3, 0.4) is 0 Å². The van der Waals surface area contributed by atoms with Gasteiger partial charge in [0.2, 0.25) is 0 Å². The maximum Gasteiger partial charge on any atom is 0.0830 e. The minimum atomic E-state index is -0.185. The molecule has 174 valence electrons. The van der Waals surface area contributed by atoms with E-state index in [1.54, 1.807) is 6.20 Å². The van der Waals surface area contributed by atoms with Gasteiger partial charge in [-0.2, -0.15) is 5.10 Å². The Morgan fingerprint density at radius 1 is 1.16 bits per heavy atom. The molecular formula is C23H31Cl2N5O2. The molecule has 0 bridgehead atoms. The highest BCUT2D eigenvalue weighted by molar-refractivity contribution is 6.36. The predicted octanol–water partition coefficient (Wildman–Crippen LogP) is 4.71. The van der Waals surface area contributed by atoms with E-state index in [4.69, 9.17) is 32.7 Å². The van der Waals surface area contributed by atoms with Crippen molar-refractivity contribution in [2.45, 2.75) is 76.3 Å². The third kappa shape index (κ3) is 4.43. The molecule has 0 aromatic carbocycles. The average Bonchev–Trinajstić information content (AvgIpc) is 3.44. The summed E-state index contributed by atoms with van der Waals surface area (Å²) in [7, 11) is 0. The van der Waals surface area contributed by atoms with E-state index in [0.29, 0.717) is 28.0 Å². The number of hydrogen-bond acceptors (Lipinski definition) is 6. The van der Waals surface area contributed by atoms with Gasteiger partial charge < -0.3 is 9.47 Å². The molecule has 4 unspecified atom stereocenters. The Hall–Kier alpha value is -1.22. The first-order valence-electron chi connectivity index (χ1n) is 11.6. The molecule has 0 radical (unpaired) electrons. The molecule has 5 rings (SSSR count). The van der Waals surface area contributed by atoms with Gasteiger partial charge in [0.15, 0.2) is 0 Å². The lowest BCUT2D eigenvalue weighted by atomic mass is 9.78. The van der Waals surface area contributed by atoms with Crippen LogP contribution in [0.2, 0.25) is 10.0 Å². The lowest BCUT2D eigenvalue weighted by Gasteiger charge is -2.34. The van der Waals surface area contributed by atoms with Gasteiger partial charge in [0, 0.05) is 42.8 Å². The van der Waals surface area contributed by atoms with Gasteiger partial charge in [-0.3, -0.25) is 15.1 Å². The molecular weight excluding hydrogens is 449 g/mol. The Bertz CT molecular complexity index is 948. The van der Waals surface area contributed by atoms with E-state index in [0.717, 1.165) is 56.6 Å². The van der Waals surface area contributed by atoms with Crippen molar-refractivity contribution in [1.29, 1.82) is 0 Å². The summed E-state index contributed by atoms with van der Waals surface area (Å²) in [5.74, 6) is 0.443. The molecule has 0 amide bonds. The SMILES string of the molecule is Cc1ncc(Cl)c([C@@H](C)OC2CCC3NNC(c4cnn(C5CCOCC5)c4)C3C2)c1Cl. The van der Waals surface area contributed by atoms with E-state index in [1.807, 2.05) is 20.0 Å². The third-order valence-corrected chi connectivity index (χ3v) is 8.01. The van der Waals surface area contributed by atoms with Crippen LogP contribution in [0.15, 0.2) is 18.6 Å². The molecule has 1 aliphatic carbocycles. The highest BCUT2D eigenvalue weighted by Crippen LogP contribution is 2.41. The lowest BCUT2D eigenvalue weighted by Crippen LogP contribution is -2.37. The highest BCUT2D eigenvalue weighted by atomic mass is 35.5. The minimum absolute atomic E-state index is 0.154. The fourth-order valence-electron chi connectivity index (χ4n) is 5.44. The number of fused-ring (bicyclic) bond motifs is 1. The molecule has 3 fully saturated rings. The van der Waals surface area contributed by atoms with Crippen molar-refractivity contribution in [3.63, 3.8) is 0 Å². The van der Waals surface area contributed by atoms with Gasteiger partial charge in [-0.1, -0.05) is 23.2 Å². The summed E-state index contributed by atoms with van der Waals surface area (Å²) < 4.78 is 14.1. The van der Waals surface area contributed by atoms with Crippen molar-refractivity contribution in [2.75, 3.05) is 13.2 Å². The first kappa shape index (κ1) is 22.6. The van der Waals surface area contributed by atoms with Crippen LogP contribution in [-0.2, 0) is 9.47 Å². The van der Waals surface area contributed by atoms with Gasteiger partial charge in [0.05, 0.1) is 46.2 Å². The average molecular weight is 480 g/mol. The van der Waals surface area contributed by atoms with Crippen molar-refractivity contribution in [1.82, 2.24) is 25.6 Å². The quantitative estimate of drug-likeness (QED) is 0.646. The van der Waals surface area contributed by atoms with Gasteiger partial charge in [-0.15, -0.1) is 0 Å². The first-order chi connectivity index (χ1) is 15.5. The smallest absolute Gasteiger partial charge is 0.0830 e. The molecule has 0 spiro atoms. The summed E-state index contributed by atoms with van der Waals surface area (Å²) in [6.45, 7) is 5.55. The zero-order valence-electron chi connectivity index (χ0n) is 18.6. The molecule has 7 nitrogen and oxygen atoms in total. The Balaban J connectivity index is 1.27. The van der Waals surface area contributed by atoms with Gasteiger partial charge in [0.1, 0.15) is 0 Å². The number of nitrogens with one attached hydrogen (secondary N) is 2. The van der Waals surface area contributed by atoms with Crippen LogP contribution >= 0.6 is 23.2 Å². The molecule has 4 heterocycles.